The molecule has 3 aliphatic heterocycles. The maximum atomic E-state index is 14.7. The molecular weight excluding hydrogens is 656 g/mol. The van der Waals surface area contributed by atoms with Gasteiger partial charge in [0.1, 0.15) is 5.75 Å². The molecule has 1 aromatic heterocycles. The van der Waals surface area contributed by atoms with E-state index in [4.69, 9.17) is 9.47 Å². The molecule has 4 aromatic carbocycles. The predicted molar refractivity (Wildman–Crippen MR) is 196 cm³/mol. The molecular formula is C42H40N4O6. The second-order valence-corrected chi connectivity index (χ2v) is 14.0. The number of phenols is 1. The molecule has 0 bridgehead atoms. The lowest BCUT2D eigenvalue weighted by molar-refractivity contribution is -0.131. The van der Waals surface area contributed by atoms with Crippen LogP contribution >= 0.6 is 0 Å². The Kier molecular flexibility index (Phi) is 8.24. The molecule has 0 spiro atoms. The van der Waals surface area contributed by atoms with Crippen LogP contribution in [0.2, 0.25) is 0 Å². The highest BCUT2D eigenvalue weighted by atomic mass is 16.7. The van der Waals surface area contributed by atoms with Gasteiger partial charge in [-0.25, -0.2) is 0 Å². The number of hydrogen-bond acceptors (Lipinski definition) is 6. The zero-order valence-corrected chi connectivity index (χ0v) is 29.7. The molecule has 0 saturated heterocycles. The van der Waals surface area contributed by atoms with Crippen molar-refractivity contribution in [2.45, 2.75) is 52.4 Å². The van der Waals surface area contributed by atoms with Crippen molar-refractivity contribution in [3.05, 3.63) is 130 Å². The molecule has 1 N–H and O–H groups in total. The highest BCUT2D eigenvalue weighted by Crippen LogP contribution is 2.37. The number of carbonyl (C=O) groups excluding carboxylic acids is 3. The summed E-state index contributed by atoms with van der Waals surface area (Å²) in [5, 5.41) is 9.78. The molecule has 0 radical (unpaired) electrons. The predicted octanol–water partition coefficient (Wildman–Crippen LogP) is 6.38. The summed E-state index contributed by atoms with van der Waals surface area (Å²) in [6.45, 7) is 5.46. The topological polar surface area (TPSA) is 105 Å². The van der Waals surface area contributed by atoms with E-state index in [0.29, 0.717) is 47.9 Å². The van der Waals surface area contributed by atoms with Crippen LogP contribution in [0.5, 0.6) is 17.2 Å². The van der Waals surface area contributed by atoms with Gasteiger partial charge in [0, 0.05) is 68.0 Å². The molecule has 0 saturated carbocycles. The summed E-state index contributed by atoms with van der Waals surface area (Å²) >= 11 is 0. The van der Waals surface area contributed by atoms with Crippen LogP contribution in [-0.2, 0) is 44.3 Å². The van der Waals surface area contributed by atoms with Crippen molar-refractivity contribution >= 4 is 23.4 Å². The van der Waals surface area contributed by atoms with Crippen molar-refractivity contribution in [2.24, 2.45) is 7.05 Å². The maximum Gasteiger partial charge on any atom is 0.259 e. The minimum absolute atomic E-state index is 0.0190. The van der Waals surface area contributed by atoms with Gasteiger partial charge < -0.3 is 33.8 Å². The SMILES string of the molecule is Cc1c(C(=O)N(C)c2ccc(O)cc2)cc(-c2cc3c(cc2C(=O)N2Cc4ccccc4C[C@H]2C)CN(C(=O)Cc2ccc4c(c2)OCO4)C3)n1C. The van der Waals surface area contributed by atoms with E-state index in [1.54, 1.807) is 36.2 Å². The Morgan fingerprint density at radius 1 is 0.827 bits per heavy atom. The average molecular weight is 697 g/mol. The van der Waals surface area contributed by atoms with Crippen LogP contribution in [0.25, 0.3) is 11.3 Å². The van der Waals surface area contributed by atoms with Crippen LogP contribution < -0.4 is 14.4 Å². The van der Waals surface area contributed by atoms with Gasteiger partial charge in [-0.15, -0.1) is 0 Å². The third-order valence-electron chi connectivity index (χ3n) is 10.8. The van der Waals surface area contributed by atoms with E-state index in [0.717, 1.165) is 45.6 Å². The fourth-order valence-electron chi connectivity index (χ4n) is 7.61. The van der Waals surface area contributed by atoms with Gasteiger partial charge in [0.2, 0.25) is 12.7 Å². The standard InChI is InChI=1S/C42H40N4O6/c1-25-15-28-7-5-6-8-29(28)23-46(25)42(50)36-19-31-22-45(40(48)17-27-9-14-38-39(16-27)52-24-51-38)21-30(31)18-35(36)37-20-34(26(2)43(37)3)41(49)44(4)32-10-12-33(47)13-11-32/h5-14,16,18-20,25,47H,15,17,21-24H2,1-4H3/t25-/m1/s1. The molecule has 0 unspecified atom stereocenters. The number of ether oxygens (including phenoxy) is 2. The third-order valence-corrected chi connectivity index (χ3v) is 10.8. The number of hydrogen-bond donors (Lipinski definition) is 1. The van der Waals surface area contributed by atoms with E-state index in [1.807, 2.05) is 76.9 Å². The minimum atomic E-state index is -0.208. The molecule has 3 amide bonds. The number of carbonyl (C=O) groups is 3. The fraction of sp³-hybridized carbons (Fsp3) is 0.262. The Bertz CT molecular complexity index is 2260. The number of phenolic OH excluding ortho intramolecular Hbond substituents is 1. The van der Waals surface area contributed by atoms with E-state index in [2.05, 4.69) is 19.1 Å². The number of aromatic nitrogens is 1. The molecule has 8 rings (SSSR count). The lowest BCUT2D eigenvalue weighted by Gasteiger charge is -2.35. The van der Waals surface area contributed by atoms with Gasteiger partial charge in [-0.05, 0) is 103 Å². The Hall–Kier alpha value is -6.03. The first kappa shape index (κ1) is 33.1. The molecule has 264 valence electrons. The van der Waals surface area contributed by atoms with Gasteiger partial charge in [-0.2, -0.15) is 0 Å². The van der Waals surface area contributed by atoms with E-state index in [-0.39, 0.29) is 42.7 Å². The largest absolute Gasteiger partial charge is 0.508 e. The Morgan fingerprint density at radius 2 is 1.54 bits per heavy atom. The Labute approximate surface area is 302 Å². The number of aromatic hydroxyl groups is 1. The molecule has 3 aliphatic rings. The second-order valence-electron chi connectivity index (χ2n) is 14.0. The normalized spacial score (nSPS) is 15.7. The van der Waals surface area contributed by atoms with Crippen molar-refractivity contribution in [3.63, 3.8) is 0 Å². The van der Waals surface area contributed by atoms with Crippen LogP contribution in [-0.4, -0.2) is 57.1 Å². The van der Waals surface area contributed by atoms with Crippen molar-refractivity contribution < 1.29 is 29.0 Å². The van der Waals surface area contributed by atoms with Crippen LogP contribution in [0.4, 0.5) is 5.69 Å². The average Bonchev–Trinajstić information content (AvgIpc) is 3.87. The first-order chi connectivity index (χ1) is 25.0. The number of nitrogens with zero attached hydrogens (tertiary/aromatic N) is 4. The molecule has 0 aliphatic carbocycles. The number of benzene rings is 4. The van der Waals surface area contributed by atoms with Crippen LogP contribution in [0.15, 0.2) is 84.9 Å². The molecule has 10 nitrogen and oxygen atoms in total. The van der Waals surface area contributed by atoms with Crippen LogP contribution in [0.1, 0.15) is 61.2 Å². The lowest BCUT2D eigenvalue weighted by atomic mass is 9.92. The van der Waals surface area contributed by atoms with Gasteiger partial charge >= 0.3 is 0 Å². The number of anilines is 1. The monoisotopic (exact) mass is 696 g/mol. The molecule has 4 heterocycles. The highest BCUT2D eigenvalue weighted by molar-refractivity contribution is 6.08. The first-order valence-corrected chi connectivity index (χ1v) is 17.5. The summed E-state index contributed by atoms with van der Waals surface area (Å²) in [5.41, 5.74) is 9.04. The Morgan fingerprint density at radius 3 is 2.31 bits per heavy atom. The van der Waals surface area contributed by atoms with E-state index >= 15 is 0 Å². The number of amides is 3. The smallest absolute Gasteiger partial charge is 0.259 e. The van der Waals surface area contributed by atoms with Crippen molar-refractivity contribution in [1.82, 2.24) is 14.4 Å². The molecule has 0 fully saturated rings. The van der Waals surface area contributed by atoms with Crippen molar-refractivity contribution in [1.29, 1.82) is 0 Å². The summed E-state index contributed by atoms with van der Waals surface area (Å²) < 4.78 is 12.9. The summed E-state index contributed by atoms with van der Waals surface area (Å²) in [4.78, 5) is 47.6. The molecule has 5 aromatic rings. The lowest BCUT2D eigenvalue weighted by Crippen LogP contribution is -2.42. The van der Waals surface area contributed by atoms with Crippen molar-refractivity contribution in [2.75, 3.05) is 18.7 Å². The van der Waals surface area contributed by atoms with E-state index < -0.39 is 0 Å². The summed E-state index contributed by atoms with van der Waals surface area (Å²) in [6, 6.07) is 26.2. The van der Waals surface area contributed by atoms with Gasteiger partial charge in [0.15, 0.2) is 11.5 Å². The van der Waals surface area contributed by atoms with Gasteiger partial charge in [-0.3, -0.25) is 14.4 Å². The highest BCUT2D eigenvalue weighted by Gasteiger charge is 2.33. The van der Waals surface area contributed by atoms with Crippen molar-refractivity contribution in [3.8, 4) is 28.5 Å². The quantitative estimate of drug-likeness (QED) is 0.221. The Balaban J connectivity index is 1.15. The molecule has 52 heavy (non-hydrogen) atoms. The van der Waals surface area contributed by atoms with Crippen LogP contribution in [0, 0.1) is 6.92 Å². The minimum Gasteiger partial charge on any atom is -0.508 e. The summed E-state index contributed by atoms with van der Waals surface area (Å²) in [5.74, 6) is 1.12. The molecule has 1 atom stereocenters. The third kappa shape index (κ3) is 5.83. The fourth-order valence-corrected chi connectivity index (χ4v) is 7.61. The number of fused-ring (bicyclic) bond motifs is 3. The second kappa shape index (κ2) is 12.9. The zero-order valence-electron chi connectivity index (χ0n) is 29.7. The van der Waals surface area contributed by atoms with Gasteiger partial charge in [-0.1, -0.05) is 30.3 Å². The summed E-state index contributed by atoms with van der Waals surface area (Å²) in [7, 11) is 3.61. The van der Waals surface area contributed by atoms with Crippen LogP contribution in [0.3, 0.4) is 0 Å². The van der Waals surface area contributed by atoms with E-state index in [1.165, 1.54) is 5.56 Å². The molecule has 10 heteroatoms. The van der Waals surface area contributed by atoms with Gasteiger partial charge in [0.25, 0.3) is 11.8 Å². The first-order valence-electron chi connectivity index (χ1n) is 17.5. The van der Waals surface area contributed by atoms with E-state index in [9.17, 15) is 19.5 Å². The maximum absolute atomic E-state index is 14.7. The number of rotatable bonds is 6. The zero-order chi connectivity index (χ0) is 36.3. The van der Waals surface area contributed by atoms with Gasteiger partial charge in [0.05, 0.1) is 12.0 Å². The summed E-state index contributed by atoms with van der Waals surface area (Å²) in [6.07, 6.45) is 0.973.